The minimum Gasteiger partial charge on any atom is -0.339 e. The summed E-state index contributed by atoms with van der Waals surface area (Å²) in [5.74, 6) is 0.966. The number of hydrogen-bond acceptors (Lipinski definition) is 6. The molecule has 2 aromatic rings. The number of hydrogen-bond donors (Lipinski definition) is 1. The van der Waals surface area contributed by atoms with E-state index in [9.17, 15) is 8.42 Å². The number of rotatable bonds is 4. The molecule has 0 spiro atoms. The molecule has 0 bridgehead atoms. The predicted molar refractivity (Wildman–Crippen MR) is 98.4 cm³/mol. The molecular formula is C17H23ClN4O3S. The van der Waals surface area contributed by atoms with Gasteiger partial charge in [0.05, 0.1) is 16.4 Å². The Kier molecular flexibility index (Phi) is 5.39. The number of aromatic nitrogens is 2. The average molecular weight is 399 g/mol. The molecule has 142 valence electrons. The van der Waals surface area contributed by atoms with Crippen LogP contribution in [-0.2, 0) is 15.6 Å². The third kappa shape index (κ3) is 3.38. The van der Waals surface area contributed by atoms with Crippen molar-refractivity contribution in [3.8, 4) is 0 Å². The first kappa shape index (κ1) is 19.3. The molecule has 1 aromatic heterocycles. The largest absolute Gasteiger partial charge is 0.339 e. The number of sulfonamides is 1. The summed E-state index contributed by atoms with van der Waals surface area (Å²) in [6.07, 6.45) is 4.41. The highest BCUT2D eigenvalue weighted by Gasteiger charge is 2.40. The van der Waals surface area contributed by atoms with Gasteiger partial charge >= 0.3 is 0 Å². The van der Waals surface area contributed by atoms with Gasteiger partial charge in [-0.25, -0.2) is 8.42 Å². The van der Waals surface area contributed by atoms with E-state index in [1.807, 2.05) is 0 Å². The standard InChI is InChI=1S/C17H22N4O3S.ClH/c18-17(9-5-10-17)16-19-15(24-20-16)13-6-4-11-21(12-13)25(22,23)14-7-2-1-3-8-14;/h1-3,7-8,13H,4-6,9-12,18H2;1H. The Morgan fingerprint density at radius 1 is 1.19 bits per heavy atom. The summed E-state index contributed by atoms with van der Waals surface area (Å²) < 4.78 is 32.6. The lowest BCUT2D eigenvalue weighted by molar-refractivity contribution is 0.226. The minimum atomic E-state index is -3.50. The Morgan fingerprint density at radius 2 is 1.92 bits per heavy atom. The second kappa shape index (κ2) is 7.26. The van der Waals surface area contributed by atoms with Crippen LogP contribution < -0.4 is 5.73 Å². The smallest absolute Gasteiger partial charge is 0.243 e. The van der Waals surface area contributed by atoms with Gasteiger partial charge in [-0.3, -0.25) is 0 Å². The van der Waals surface area contributed by atoms with Crippen LogP contribution in [0.5, 0.6) is 0 Å². The van der Waals surface area contributed by atoms with Crippen LogP contribution in [-0.4, -0.2) is 36.0 Å². The molecule has 2 N–H and O–H groups in total. The summed E-state index contributed by atoms with van der Waals surface area (Å²) in [4.78, 5) is 4.81. The zero-order chi connectivity index (χ0) is 17.5. The van der Waals surface area contributed by atoms with Crippen LogP contribution in [0.3, 0.4) is 0 Å². The summed E-state index contributed by atoms with van der Waals surface area (Å²) >= 11 is 0. The minimum absolute atomic E-state index is 0. The van der Waals surface area contributed by atoms with E-state index in [0.717, 1.165) is 32.1 Å². The second-order valence-corrected chi connectivity index (χ2v) is 8.92. The monoisotopic (exact) mass is 398 g/mol. The molecule has 0 radical (unpaired) electrons. The van der Waals surface area contributed by atoms with Crippen molar-refractivity contribution in [2.24, 2.45) is 5.73 Å². The highest BCUT2D eigenvalue weighted by atomic mass is 35.5. The van der Waals surface area contributed by atoms with Crippen molar-refractivity contribution >= 4 is 22.4 Å². The van der Waals surface area contributed by atoms with E-state index < -0.39 is 15.6 Å². The molecule has 1 aliphatic heterocycles. The van der Waals surface area contributed by atoms with Crippen LogP contribution in [0.1, 0.15) is 49.7 Å². The molecule has 4 rings (SSSR count). The quantitative estimate of drug-likeness (QED) is 0.848. The van der Waals surface area contributed by atoms with Gasteiger partial charge in [0.15, 0.2) is 5.82 Å². The topological polar surface area (TPSA) is 102 Å². The van der Waals surface area contributed by atoms with Crippen molar-refractivity contribution in [1.29, 1.82) is 0 Å². The third-order valence-corrected chi connectivity index (χ3v) is 7.13. The van der Waals surface area contributed by atoms with Crippen LogP contribution in [0.15, 0.2) is 39.8 Å². The maximum absolute atomic E-state index is 12.8. The maximum atomic E-state index is 12.8. The van der Waals surface area contributed by atoms with Gasteiger partial charge in [-0.05, 0) is 44.2 Å². The molecule has 1 aliphatic carbocycles. The van der Waals surface area contributed by atoms with Crippen LogP contribution in [0.4, 0.5) is 0 Å². The Hall–Kier alpha value is -1.48. The summed E-state index contributed by atoms with van der Waals surface area (Å²) in [6.45, 7) is 0.867. The van der Waals surface area contributed by atoms with Gasteiger partial charge in [-0.15, -0.1) is 12.4 Å². The maximum Gasteiger partial charge on any atom is 0.243 e. The molecule has 9 heteroatoms. The summed E-state index contributed by atoms with van der Waals surface area (Å²) in [5.41, 5.74) is 5.78. The van der Waals surface area contributed by atoms with Crippen molar-refractivity contribution in [3.05, 3.63) is 42.0 Å². The van der Waals surface area contributed by atoms with Crippen molar-refractivity contribution in [3.63, 3.8) is 0 Å². The van der Waals surface area contributed by atoms with E-state index in [1.54, 1.807) is 30.3 Å². The number of benzene rings is 1. The Morgan fingerprint density at radius 3 is 2.58 bits per heavy atom. The van der Waals surface area contributed by atoms with Crippen molar-refractivity contribution in [2.45, 2.75) is 48.5 Å². The van der Waals surface area contributed by atoms with E-state index in [2.05, 4.69) is 10.1 Å². The molecule has 26 heavy (non-hydrogen) atoms. The normalized spacial score (nSPS) is 23.0. The lowest BCUT2D eigenvalue weighted by Crippen LogP contribution is -2.44. The molecule has 2 aliphatic rings. The molecular weight excluding hydrogens is 376 g/mol. The molecule has 2 heterocycles. The van der Waals surface area contributed by atoms with E-state index in [0.29, 0.717) is 29.7 Å². The van der Waals surface area contributed by atoms with E-state index in [4.69, 9.17) is 10.3 Å². The van der Waals surface area contributed by atoms with Gasteiger partial charge in [-0.2, -0.15) is 9.29 Å². The highest BCUT2D eigenvalue weighted by Crippen LogP contribution is 2.38. The number of nitrogens with zero attached hydrogens (tertiary/aromatic N) is 3. The molecule has 0 amide bonds. The lowest BCUT2D eigenvalue weighted by Gasteiger charge is -2.34. The zero-order valence-corrected chi connectivity index (χ0v) is 16.0. The molecule has 7 nitrogen and oxygen atoms in total. The Balaban J connectivity index is 0.00000196. The number of nitrogens with two attached hydrogens (primary N) is 1. The average Bonchev–Trinajstić information content (AvgIpc) is 3.11. The third-order valence-electron chi connectivity index (χ3n) is 5.25. The van der Waals surface area contributed by atoms with Crippen LogP contribution in [0.2, 0.25) is 0 Å². The summed E-state index contributed by atoms with van der Waals surface area (Å²) in [7, 11) is -3.50. The molecule has 1 unspecified atom stereocenters. The Labute approximate surface area is 159 Å². The molecule has 2 fully saturated rings. The van der Waals surface area contributed by atoms with Crippen molar-refractivity contribution in [1.82, 2.24) is 14.4 Å². The van der Waals surface area contributed by atoms with Crippen LogP contribution in [0.25, 0.3) is 0 Å². The van der Waals surface area contributed by atoms with Gasteiger partial charge in [-0.1, -0.05) is 23.4 Å². The van der Waals surface area contributed by atoms with Crippen LogP contribution in [0, 0.1) is 0 Å². The lowest BCUT2D eigenvalue weighted by atomic mass is 9.77. The van der Waals surface area contributed by atoms with E-state index in [1.165, 1.54) is 4.31 Å². The molecule has 1 saturated carbocycles. The van der Waals surface area contributed by atoms with Crippen molar-refractivity contribution < 1.29 is 12.9 Å². The molecule has 1 aromatic carbocycles. The Bertz CT molecular complexity index is 852. The summed E-state index contributed by atoms with van der Waals surface area (Å²) in [6, 6.07) is 8.52. The summed E-state index contributed by atoms with van der Waals surface area (Å²) in [5, 5.41) is 4.05. The first-order valence-corrected chi connectivity index (χ1v) is 10.1. The zero-order valence-electron chi connectivity index (χ0n) is 14.4. The fraction of sp³-hybridized carbons (Fsp3) is 0.529. The van der Waals surface area contributed by atoms with E-state index in [-0.39, 0.29) is 18.3 Å². The molecule has 1 saturated heterocycles. The first-order valence-electron chi connectivity index (χ1n) is 8.67. The number of halogens is 1. The van der Waals surface area contributed by atoms with Crippen molar-refractivity contribution in [2.75, 3.05) is 13.1 Å². The molecule has 1 atom stereocenters. The van der Waals surface area contributed by atoms with Crippen LogP contribution >= 0.6 is 12.4 Å². The predicted octanol–water partition coefficient (Wildman–Crippen LogP) is 2.40. The van der Waals surface area contributed by atoms with Gasteiger partial charge in [0.25, 0.3) is 0 Å². The second-order valence-electron chi connectivity index (χ2n) is 6.98. The van der Waals surface area contributed by atoms with Gasteiger partial charge < -0.3 is 10.3 Å². The van der Waals surface area contributed by atoms with Gasteiger partial charge in [0.2, 0.25) is 15.9 Å². The fourth-order valence-corrected chi connectivity index (χ4v) is 5.03. The SMILES string of the molecule is Cl.NC1(c2noc(C3CCCN(S(=O)(=O)c4ccccc4)C3)n2)CCC1. The van der Waals surface area contributed by atoms with Gasteiger partial charge in [0.1, 0.15) is 0 Å². The fourth-order valence-electron chi connectivity index (χ4n) is 3.49. The van der Waals surface area contributed by atoms with E-state index >= 15 is 0 Å². The highest BCUT2D eigenvalue weighted by molar-refractivity contribution is 7.89. The van der Waals surface area contributed by atoms with Gasteiger partial charge in [0, 0.05) is 13.1 Å². The first-order chi connectivity index (χ1) is 12.0. The number of piperidine rings is 1.